The van der Waals surface area contributed by atoms with E-state index < -0.39 is 10.0 Å². The Hall–Kier alpha value is -1.94. The molecule has 0 radical (unpaired) electrons. The van der Waals surface area contributed by atoms with E-state index in [-0.39, 0.29) is 4.90 Å². The van der Waals surface area contributed by atoms with Crippen LogP contribution in [0.1, 0.15) is 36.5 Å². The zero-order chi connectivity index (χ0) is 15.5. The second-order valence-electron chi connectivity index (χ2n) is 5.35. The van der Waals surface area contributed by atoms with Crippen LogP contribution in [0, 0.1) is 6.92 Å². The third-order valence-corrected chi connectivity index (χ3v) is 4.49. The summed E-state index contributed by atoms with van der Waals surface area (Å²) in [6, 6.07) is 14.4. The van der Waals surface area contributed by atoms with Gasteiger partial charge in [-0.2, -0.15) is 12.8 Å². The molecular formula is C17H19NO2S. The fourth-order valence-corrected chi connectivity index (χ4v) is 2.76. The number of nitrogens with zero attached hydrogens (tertiary/aromatic N) is 1. The second kappa shape index (κ2) is 6.22. The summed E-state index contributed by atoms with van der Waals surface area (Å²) in [6.45, 7) is 6.11. The minimum Gasteiger partial charge on any atom is -0.199 e. The Bertz CT molecular complexity index is 745. The van der Waals surface area contributed by atoms with Gasteiger partial charge in [-0.3, -0.25) is 0 Å². The van der Waals surface area contributed by atoms with Crippen molar-refractivity contribution >= 4 is 16.2 Å². The van der Waals surface area contributed by atoms with E-state index in [9.17, 15) is 8.42 Å². The second-order valence-corrected chi connectivity index (χ2v) is 6.98. The van der Waals surface area contributed by atoms with Crippen LogP contribution in [-0.2, 0) is 10.0 Å². The molecule has 0 atom stereocenters. The summed E-state index contributed by atoms with van der Waals surface area (Å²) in [5.74, 6) is 0.395. The maximum absolute atomic E-state index is 12.1. The highest BCUT2D eigenvalue weighted by Gasteiger charge is 2.10. The lowest BCUT2D eigenvalue weighted by molar-refractivity contribution is 0.598. The van der Waals surface area contributed by atoms with Gasteiger partial charge in [0, 0.05) is 6.21 Å². The minimum atomic E-state index is -3.64. The average molecular weight is 301 g/mol. The molecule has 0 unspecified atom stereocenters. The molecule has 2 aromatic carbocycles. The molecule has 110 valence electrons. The first-order valence-corrected chi connectivity index (χ1v) is 8.29. The van der Waals surface area contributed by atoms with Crippen molar-refractivity contribution in [2.24, 2.45) is 4.40 Å². The number of hydrogen-bond acceptors (Lipinski definition) is 2. The predicted octanol–water partition coefficient (Wildman–Crippen LogP) is 3.93. The third kappa shape index (κ3) is 4.02. The molecule has 3 nitrogen and oxygen atoms in total. The number of hydrogen-bond donors (Lipinski definition) is 0. The highest BCUT2D eigenvalue weighted by molar-refractivity contribution is 7.90. The van der Waals surface area contributed by atoms with Crippen molar-refractivity contribution in [1.82, 2.24) is 0 Å². The van der Waals surface area contributed by atoms with Crippen LogP contribution in [0.25, 0.3) is 0 Å². The standard InChI is InChI=1S/C17H19NO2S/c1-13(2)16-6-4-5-15(11-16)12-18-21(19,20)17-9-7-14(3)8-10-17/h4-13H,1-3H3. The normalized spacial score (nSPS) is 12.2. The molecule has 0 aliphatic rings. The molecule has 0 heterocycles. The van der Waals surface area contributed by atoms with Gasteiger partial charge in [-0.05, 0) is 42.2 Å². The maximum atomic E-state index is 12.1. The lowest BCUT2D eigenvalue weighted by Gasteiger charge is -2.05. The first kappa shape index (κ1) is 15.4. The van der Waals surface area contributed by atoms with E-state index in [1.54, 1.807) is 24.3 Å². The van der Waals surface area contributed by atoms with E-state index in [1.807, 2.05) is 31.2 Å². The van der Waals surface area contributed by atoms with Crippen molar-refractivity contribution in [2.45, 2.75) is 31.6 Å². The SMILES string of the molecule is Cc1ccc(S(=O)(=O)N=Cc2cccc(C(C)C)c2)cc1. The van der Waals surface area contributed by atoms with Crippen LogP contribution >= 0.6 is 0 Å². The average Bonchev–Trinajstić information content (AvgIpc) is 2.46. The molecule has 4 heteroatoms. The molecule has 21 heavy (non-hydrogen) atoms. The van der Waals surface area contributed by atoms with Gasteiger partial charge in [-0.15, -0.1) is 0 Å². The van der Waals surface area contributed by atoms with Crippen LogP contribution in [-0.4, -0.2) is 14.6 Å². The summed E-state index contributed by atoms with van der Waals surface area (Å²) in [6.07, 6.45) is 1.40. The van der Waals surface area contributed by atoms with E-state index in [4.69, 9.17) is 0 Å². The number of sulfonamides is 1. The molecule has 0 aliphatic carbocycles. The quantitative estimate of drug-likeness (QED) is 0.803. The van der Waals surface area contributed by atoms with Crippen molar-refractivity contribution < 1.29 is 8.42 Å². The van der Waals surface area contributed by atoms with E-state index in [2.05, 4.69) is 18.2 Å². The van der Waals surface area contributed by atoms with Crippen molar-refractivity contribution in [2.75, 3.05) is 0 Å². The molecule has 0 saturated heterocycles. The largest absolute Gasteiger partial charge is 0.282 e. The van der Waals surface area contributed by atoms with Crippen LogP contribution < -0.4 is 0 Å². The lowest BCUT2D eigenvalue weighted by atomic mass is 10.0. The maximum Gasteiger partial charge on any atom is 0.282 e. The van der Waals surface area contributed by atoms with E-state index in [0.29, 0.717) is 5.92 Å². The summed E-state index contributed by atoms with van der Waals surface area (Å²) in [5.41, 5.74) is 2.96. The Balaban J connectivity index is 2.27. The predicted molar refractivity (Wildman–Crippen MR) is 86.5 cm³/mol. The Morgan fingerprint density at radius 3 is 2.33 bits per heavy atom. The lowest BCUT2D eigenvalue weighted by Crippen LogP contribution is -1.98. The third-order valence-electron chi connectivity index (χ3n) is 3.24. The molecule has 0 amide bonds. The van der Waals surface area contributed by atoms with Gasteiger partial charge in [0.2, 0.25) is 0 Å². The topological polar surface area (TPSA) is 46.5 Å². The van der Waals surface area contributed by atoms with Gasteiger partial charge < -0.3 is 0 Å². The van der Waals surface area contributed by atoms with Crippen LogP contribution in [0.5, 0.6) is 0 Å². The molecule has 0 fully saturated rings. The van der Waals surface area contributed by atoms with Crippen molar-refractivity contribution in [3.8, 4) is 0 Å². The molecule has 2 aromatic rings. The summed E-state index contributed by atoms with van der Waals surface area (Å²) in [5, 5.41) is 0. The van der Waals surface area contributed by atoms with Crippen LogP contribution in [0.4, 0.5) is 0 Å². The summed E-state index contributed by atoms with van der Waals surface area (Å²) >= 11 is 0. The Morgan fingerprint density at radius 1 is 1.05 bits per heavy atom. The van der Waals surface area contributed by atoms with Crippen molar-refractivity contribution in [3.63, 3.8) is 0 Å². The first-order valence-electron chi connectivity index (χ1n) is 6.85. The monoisotopic (exact) mass is 301 g/mol. The smallest absolute Gasteiger partial charge is 0.199 e. The highest BCUT2D eigenvalue weighted by atomic mass is 32.2. The van der Waals surface area contributed by atoms with Gasteiger partial charge >= 0.3 is 0 Å². The summed E-state index contributed by atoms with van der Waals surface area (Å²) in [7, 11) is -3.64. The molecule has 0 N–H and O–H groups in total. The minimum absolute atomic E-state index is 0.212. The van der Waals surface area contributed by atoms with Gasteiger partial charge in [0.15, 0.2) is 0 Å². The van der Waals surface area contributed by atoms with Crippen LogP contribution in [0.3, 0.4) is 0 Å². The number of rotatable bonds is 4. The van der Waals surface area contributed by atoms with Gasteiger partial charge in [0.1, 0.15) is 0 Å². The molecule has 0 bridgehead atoms. The number of aryl methyl sites for hydroxylation is 1. The Labute approximate surface area is 126 Å². The van der Waals surface area contributed by atoms with E-state index in [1.165, 1.54) is 6.21 Å². The fourth-order valence-electron chi connectivity index (χ4n) is 1.90. The van der Waals surface area contributed by atoms with Crippen molar-refractivity contribution in [1.29, 1.82) is 0 Å². The molecule has 0 spiro atoms. The molecule has 2 rings (SSSR count). The summed E-state index contributed by atoms with van der Waals surface area (Å²) in [4.78, 5) is 0.212. The molecule has 0 aromatic heterocycles. The fraction of sp³-hybridized carbons (Fsp3) is 0.235. The van der Waals surface area contributed by atoms with Gasteiger partial charge in [-0.25, -0.2) is 0 Å². The highest BCUT2D eigenvalue weighted by Crippen LogP contribution is 2.16. The van der Waals surface area contributed by atoms with Crippen molar-refractivity contribution in [3.05, 3.63) is 65.2 Å². The Kier molecular flexibility index (Phi) is 4.58. The van der Waals surface area contributed by atoms with Crippen LogP contribution in [0.2, 0.25) is 0 Å². The van der Waals surface area contributed by atoms with E-state index >= 15 is 0 Å². The molecule has 0 aliphatic heterocycles. The van der Waals surface area contributed by atoms with Gasteiger partial charge in [0.25, 0.3) is 10.0 Å². The van der Waals surface area contributed by atoms with E-state index in [0.717, 1.165) is 16.7 Å². The zero-order valence-electron chi connectivity index (χ0n) is 12.4. The number of benzene rings is 2. The zero-order valence-corrected chi connectivity index (χ0v) is 13.3. The molecule has 0 saturated carbocycles. The summed E-state index contributed by atoms with van der Waals surface area (Å²) < 4.78 is 28.0. The van der Waals surface area contributed by atoms with Gasteiger partial charge in [-0.1, -0.05) is 49.7 Å². The molecular weight excluding hydrogens is 282 g/mol. The van der Waals surface area contributed by atoms with Crippen LogP contribution in [0.15, 0.2) is 57.8 Å². The Morgan fingerprint density at radius 2 is 1.71 bits per heavy atom. The van der Waals surface area contributed by atoms with Gasteiger partial charge in [0.05, 0.1) is 4.90 Å². The first-order chi connectivity index (χ1) is 9.88.